The second kappa shape index (κ2) is 10.3. The molecule has 5 nitrogen and oxygen atoms in total. The van der Waals surface area contributed by atoms with E-state index in [0.717, 1.165) is 41.5 Å². The van der Waals surface area contributed by atoms with E-state index in [1.165, 1.54) is 29.7 Å². The third kappa shape index (κ3) is 5.37. The molecule has 0 spiro atoms. The molecule has 2 aliphatic rings. The summed E-state index contributed by atoms with van der Waals surface area (Å²) in [6, 6.07) is 8.25. The van der Waals surface area contributed by atoms with Gasteiger partial charge in [-0.3, -0.25) is 13.9 Å². The van der Waals surface area contributed by atoms with Crippen molar-refractivity contribution in [3.8, 4) is 11.3 Å². The summed E-state index contributed by atoms with van der Waals surface area (Å²) in [5.41, 5.74) is 3.13. The number of H-pyrrole nitrogens is 1. The molecule has 1 fully saturated rings. The average molecular weight is 492 g/mol. The number of nitrogens with zero attached hydrogens (tertiary/aromatic N) is 2. The average Bonchev–Trinajstić information content (AvgIpc) is 3.09. The summed E-state index contributed by atoms with van der Waals surface area (Å²) in [5, 5.41) is 3.52. The lowest BCUT2D eigenvalue weighted by Crippen LogP contribution is -2.33. The van der Waals surface area contributed by atoms with Crippen LogP contribution in [0.4, 0.5) is 0 Å². The van der Waals surface area contributed by atoms with Crippen LogP contribution in [0.3, 0.4) is 0 Å². The summed E-state index contributed by atoms with van der Waals surface area (Å²) >= 11 is 1.45. The molecule has 0 amide bonds. The van der Waals surface area contributed by atoms with Crippen LogP contribution >= 0.6 is 11.3 Å². The number of likely N-dealkylation sites (tertiary alicyclic amines) is 1. The molecule has 2 unspecified atom stereocenters. The Morgan fingerprint density at radius 1 is 1.18 bits per heavy atom. The summed E-state index contributed by atoms with van der Waals surface area (Å²) in [5.74, 6) is 1.11. The number of hydrogen-bond donors (Lipinski definition) is 1. The van der Waals surface area contributed by atoms with Gasteiger partial charge in [-0.15, -0.1) is 11.3 Å². The summed E-state index contributed by atoms with van der Waals surface area (Å²) < 4.78 is 12.8. The van der Waals surface area contributed by atoms with E-state index in [1.807, 2.05) is 47.9 Å². The van der Waals surface area contributed by atoms with E-state index in [4.69, 9.17) is 0 Å². The largest absolute Gasteiger partial charge is 0.321 e. The predicted molar refractivity (Wildman–Crippen MR) is 142 cm³/mol. The Kier molecular flexibility index (Phi) is 7.04. The van der Waals surface area contributed by atoms with Gasteiger partial charge in [0, 0.05) is 34.8 Å². The Morgan fingerprint density at radius 2 is 2.00 bits per heavy atom. The van der Waals surface area contributed by atoms with Crippen molar-refractivity contribution < 1.29 is 4.21 Å². The molecule has 1 aliphatic carbocycles. The van der Waals surface area contributed by atoms with Gasteiger partial charge in [0.1, 0.15) is 5.01 Å². The van der Waals surface area contributed by atoms with Crippen LogP contribution in [-0.4, -0.2) is 37.4 Å². The second-order valence-electron chi connectivity index (χ2n) is 9.19. The van der Waals surface area contributed by atoms with Crippen molar-refractivity contribution in [2.45, 2.75) is 37.3 Å². The van der Waals surface area contributed by atoms with Crippen molar-refractivity contribution in [1.29, 1.82) is 0 Å². The molecule has 1 saturated heterocycles. The van der Waals surface area contributed by atoms with Gasteiger partial charge in [-0.25, -0.2) is 4.98 Å². The summed E-state index contributed by atoms with van der Waals surface area (Å²) in [6.45, 7) is 5.50. The van der Waals surface area contributed by atoms with E-state index in [2.05, 4.69) is 40.0 Å². The van der Waals surface area contributed by atoms with Crippen LogP contribution in [0, 0.1) is 5.92 Å². The molecule has 7 heteroatoms. The molecular weight excluding hydrogens is 462 g/mol. The third-order valence-electron chi connectivity index (χ3n) is 6.39. The first-order valence-corrected chi connectivity index (χ1v) is 14.0. The first-order valence-electron chi connectivity index (χ1n) is 11.8. The van der Waals surface area contributed by atoms with Crippen LogP contribution in [0.5, 0.6) is 0 Å². The molecule has 0 radical (unpaired) electrons. The number of piperidine rings is 1. The molecule has 5 rings (SSSR count). The lowest BCUT2D eigenvalue weighted by atomic mass is 9.99. The van der Waals surface area contributed by atoms with Gasteiger partial charge in [-0.05, 0) is 48.4 Å². The maximum Gasteiger partial charge on any atom is 0.257 e. The number of nitrogens with one attached hydrogen (secondary N) is 1. The lowest BCUT2D eigenvalue weighted by molar-refractivity contribution is 0.176. The highest BCUT2D eigenvalue weighted by molar-refractivity contribution is 7.85. The third-order valence-corrected chi connectivity index (χ3v) is 8.90. The molecular formula is C27H29N3O2S2. The Hall–Kier alpha value is -2.61. The highest BCUT2D eigenvalue weighted by Crippen LogP contribution is 2.25. The molecule has 1 aromatic carbocycles. The van der Waals surface area contributed by atoms with Crippen LogP contribution in [0.25, 0.3) is 22.2 Å². The number of rotatable bonds is 6. The molecule has 2 atom stereocenters. The normalized spacial score (nSPS) is 20.1. The minimum Gasteiger partial charge on any atom is -0.321 e. The number of fused-ring (bicyclic) bond motifs is 1. The molecule has 34 heavy (non-hydrogen) atoms. The number of thiazole rings is 1. The Bertz CT molecular complexity index is 1340. The fourth-order valence-corrected chi connectivity index (χ4v) is 6.89. The molecule has 1 aliphatic heterocycles. The van der Waals surface area contributed by atoms with E-state index in [1.54, 1.807) is 0 Å². The summed E-state index contributed by atoms with van der Waals surface area (Å²) in [6.07, 6.45) is 14.1. The zero-order valence-corrected chi connectivity index (χ0v) is 20.9. The van der Waals surface area contributed by atoms with Crippen LogP contribution in [-0.2, 0) is 23.1 Å². The van der Waals surface area contributed by atoms with Crippen molar-refractivity contribution in [2.75, 3.05) is 13.1 Å². The van der Waals surface area contributed by atoms with Crippen LogP contribution in [0.2, 0.25) is 0 Å². The highest BCUT2D eigenvalue weighted by Gasteiger charge is 2.18. The van der Waals surface area contributed by atoms with Gasteiger partial charge in [0.25, 0.3) is 5.56 Å². The minimum absolute atomic E-state index is 0.131. The summed E-state index contributed by atoms with van der Waals surface area (Å²) in [4.78, 5) is 23.1. The first kappa shape index (κ1) is 23.1. The number of hydrogen-bond acceptors (Lipinski definition) is 5. The van der Waals surface area contributed by atoms with Gasteiger partial charge in [0.15, 0.2) is 0 Å². The zero-order chi connectivity index (χ0) is 23.5. The van der Waals surface area contributed by atoms with Crippen molar-refractivity contribution in [3.05, 3.63) is 87.0 Å². The van der Waals surface area contributed by atoms with Crippen LogP contribution in [0.15, 0.2) is 70.9 Å². The molecule has 3 heterocycles. The van der Waals surface area contributed by atoms with E-state index in [9.17, 15) is 9.00 Å². The molecule has 2 aromatic heterocycles. The number of benzene rings is 1. The number of aromatic amines is 1. The number of pyridine rings is 1. The summed E-state index contributed by atoms with van der Waals surface area (Å²) in [7, 11) is -1.10. The Balaban J connectivity index is 1.33. The van der Waals surface area contributed by atoms with E-state index < -0.39 is 10.8 Å². The van der Waals surface area contributed by atoms with Gasteiger partial charge in [0.05, 0.1) is 22.3 Å². The molecule has 0 bridgehead atoms. The van der Waals surface area contributed by atoms with Gasteiger partial charge in [-0.2, -0.15) is 0 Å². The zero-order valence-electron chi connectivity index (χ0n) is 19.3. The maximum absolute atomic E-state index is 12.9. The highest BCUT2D eigenvalue weighted by atomic mass is 32.2. The molecule has 3 aromatic rings. The monoisotopic (exact) mass is 491 g/mol. The molecule has 176 valence electrons. The first-order chi connectivity index (χ1) is 16.5. The van der Waals surface area contributed by atoms with E-state index >= 15 is 0 Å². The van der Waals surface area contributed by atoms with E-state index in [0.29, 0.717) is 17.0 Å². The van der Waals surface area contributed by atoms with Crippen molar-refractivity contribution in [2.24, 2.45) is 5.92 Å². The van der Waals surface area contributed by atoms with Crippen molar-refractivity contribution in [1.82, 2.24) is 14.9 Å². The number of allylic oxidation sites excluding steroid dienone is 4. The van der Waals surface area contributed by atoms with Crippen molar-refractivity contribution >= 4 is 33.0 Å². The Labute approximate surface area is 206 Å². The lowest BCUT2D eigenvalue weighted by Gasteiger charge is -2.30. The standard InChI is InChI=1S/C27H29N3O2S2/c1-19-7-6-12-30(15-19)16-20-10-11-21-14-23(27(31)29-24(21)13-20)25-17-33-26(28-25)18-34(32)22-8-4-2-3-5-9-22/h2-5,8-11,13-14,17,19,22H,6-7,12,15-16,18H2,1H3,(H,29,31). The van der Waals surface area contributed by atoms with Gasteiger partial charge in [-0.1, -0.05) is 55.5 Å². The topological polar surface area (TPSA) is 66.1 Å². The molecule has 1 N–H and O–H groups in total. The Morgan fingerprint density at radius 3 is 2.79 bits per heavy atom. The van der Waals surface area contributed by atoms with Gasteiger partial charge in [0.2, 0.25) is 0 Å². The molecule has 0 saturated carbocycles. The van der Waals surface area contributed by atoms with Gasteiger partial charge < -0.3 is 4.98 Å². The number of aromatic nitrogens is 2. The van der Waals surface area contributed by atoms with Crippen LogP contribution < -0.4 is 5.56 Å². The fourth-order valence-electron chi connectivity index (χ4n) is 4.66. The van der Waals surface area contributed by atoms with Gasteiger partial charge >= 0.3 is 0 Å². The minimum atomic E-state index is -1.10. The van der Waals surface area contributed by atoms with Crippen LogP contribution in [0.1, 0.15) is 30.3 Å². The van der Waals surface area contributed by atoms with Crippen molar-refractivity contribution in [3.63, 3.8) is 0 Å². The fraction of sp³-hybridized carbons (Fsp3) is 0.333. The predicted octanol–water partition coefficient (Wildman–Crippen LogP) is 5.18. The second-order valence-corrected chi connectivity index (χ2v) is 11.7. The quantitative estimate of drug-likeness (QED) is 0.516. The maximum atomic E-state index is 12.9. The van der Waals surface area contributed by atoms with E-state index in [-0.39, 0.29) is 10.8 Å². The smallest absolute Gasteiger partial charge is 0.257 e. The SMILES string of the molecule is CC1CCCN(Cc2ccc3cc(-c4csc(CS(=O)C5C=CC=CC=C5)n4)c(=O)[nH]c3c2)C1.